The van der Waals surface area contributed by atoms with Crippen LogP contribution in [0.25, 0.3) is 0 Å². The van der Waals surface area contributed by atoms with E-state index in [4.69, 9.17) is 10.8 Å². The zero-order chi connectivity index (χ0) is 24.8. The Morgan fingerprint density at radius 1 is 1.15 bits per heavy atom. The lowest BCUT2D eigenvalue weighted by Gasteiger charge is -2.51. The topological polar surface area (TPSA) is 194 Å². The predicted molar refractivity (Wildman–Crippen MR) is 105 cm³/mol. The van der Waals surface area contributed by atoms with Gasteiger partial charge in [0.25, 0.3) is 0 Å². The van der Waals surface area contributed by atoms with Gasteiger partial charge in [0.1, 0.15) is 11.5 Å². The van der Waals surface area contributed by atoms with E-state index >= 15 is 0 Å². The van der Waals surface area contributed by atoms with Crippen molar-refractivity contribution >= 4 is 29.6 Å². The third kappa shape index (κ3) is 2.77. The summed E-state index contributed by atoms with van der Waals surface area (Å²) in [7, 11) is 0. The smallest absolute Gasteiger partial charge is 0.361 e. The summed E-state index contributed by atoms with van der Waals surface area (Å²) in [6.45, 7) is -0.697. The van der Waals surface area contributed by atoms with E-state index in [2.05, 4.69) is 21.3 Å². The van der Waals surface area contributed by atoms with Crippen molar-refractivity contribution in [1.82, 2.24) is 31.1 Å². The fourth-order valence-corrected chi connectivity index (χ4v) is 5.42. The molecule has 13 nitrogen and oxygen atoms in total. The Kier molecular flexibility index (Phi) is 4.47. The van der Waals surface area contributed by atoms with E-state index in [1.807, 2.05) is 0 Å². The second-order valence-electron chi connectivity index (χ2n) is 9.33. The highest BCUT2D eigenvalue weighted by Gasteiger charge is 2.76. The molecule has 1 spiro atoms. The van der Waals surface area contributed by atoms with Crippen LogP contribution in [0, 0.1) is 16.2 Å². The molecule has 4 heterocycles. The molecule has 0 aromatic carbocycles. The van der Waals surface area contributed by atoms with Gasteiger partial charge in [-0.3, -0.25) is 30.1 Å². The van der Waals surface area contributed by atoms with E-state index in [0.717, 1.165) is 9.80 Å². The Morgan fingerprint density at radius 2 is 1.76 bits per heavy atom. The first kappa shape index (κ1) is 22.6. The molecule has 1 saturated carbocycles. The van der Waals surface area contributed by atoms with Gasteiger partial charge in [0.05, 0.1) is 18.6 Å². The third-order valence-electron chi connectivity index (χ3n) is 7.46. The van der Waals surface area contributed by atoms with Crippen molar-refractivity contribution < 1.29 is 37.8 Å². The Labute approximate surface area is 190 Å². The molecular formula is C18H23F3N8O5. The molecule has 4 aliphatic heterocycles. The summed E-state index contributed by atoms with van der Waals surface area (Å²) in [5, 5.41) is 49.0. The van der Waals surface area contributed by atoms with Crippen molar-refractivity contribution in [2.45, 2.75) is 61.4 Å². The van der Waals surface area contributed by atoms with Crippen molar-refractivity contribution in [2.24, 2.45) is 5.41 Å². The second-order valence-corrected chi connectivity index (χ2v) is 9.33. The summed E-state index contributed by atoms with van der Waals surface area (Å²) >= 11 is 0. The highest BCUT2D eigenvalue weighted by molar-refractivity contribution is 6.02. The second kappa shape index (κ2) is 6.71. The Bertz CT molecular complexity index is 998. The van der Waals surface area contributed by atoms with Gasteiger partial charge in [-0.2, -0.15) is 13.2 Å². The number of amides is 3. The van der Waals surface area contributed by atoms with E-state index in [0.29, 0.717) is 0 Å². The van der Waals surface area contributed by atoms with Crippen LogP contribution in [-0.2, 0) is 14.4 Å². The molecule has 0 aromatic heterocycles. The number of alkyl halides is 3. The van der Waals surface area contributed by atoms with Crippen LogP contribution < -0.4 is 21.3 Å². The van der Waals surface area contributed by atoms with E-state index in [9.17, 15) is 37.8 Å². The van der Waals surface area contributed by atoms with Crippen molar-refractivity contribution in [3.8, 4) is 0 Å². The maximum Gasteiger partial charge on any atom is 0.403 e. The Morgan fingerprint density at radius 3 is 2.32 bits per heavy atom. The molecule has 5 aliphatic rings. The summed E-state index contributed by atoms with van der Waals surface area (Å²) < 4.78 is 40.2. The molecule has 1 aliphatic carbocycles. The number of guanidine groups is 2. The number of nitrogens with zero attached hydrogens (tertiary/aromatic N) is 2. The molecule has 0 bridgehead atoms. The van der Waals surface area contributed by atoms with E-state index in [1.54, 1.807) is 0 Å². The number of nitrogens with one attached hydrogen (secondary N) is 6. The standard InChI is InChI=1S/C18H23F3N8O5/c19-18(20,21)15(3-4-15)12(32)25-8-6-29-14(23)24-7(5-28-9(30)1-2-10(28)31)11-16(29,17(8,33)34)27-13(22)26-11/h7-8,11,33-34H,1-6H2,(H2,23,24)(H,25,32)(H3,22,26,27)/t7-,8-,11-,16-/m0/s1. The van der Waals surface area contributed by atoms with Gasteiger partial charge in [-0.15, -0.1) is 0 Å². The molecule has 186 valence electrons. The summed E-state index contributed by atoms with van der Waals surface area (Å²) in [6, 6.07) is -3.73. The number of carbonyl (C=O) groups excluding carboxylic acids is 3. The summed E-state index contributed by atoms with van der Waals surface area (Å²) in [5.41, 5.74) is -4.64. The molecule has 3 amide bonds. The number of rotatable bonds is 4. The van der Waals surface area contributed by atoms with Crippen molar-refractivity contribution in [3.63, 3.8) is 0 Å². The molecule has 0 aromatic rings. The normalized spacial score (nSPS) is 35.4. The predicted octanol–water partition coefficient (Wildman–Crippen LogP) is -2.94. The van der Waals surface area contributed by atoms with Gasteiger partial charge in [0, 0.05) is 19.4 Å². The fourth-order valence-electron chi connectivity index (χ4n) is 5.42. The van der Waals surface area contributed by atoms with Gasteiger partial charge in [0.2, 0.25) is 23.5 Å². The fraction of sp³-hybridized carbons (Fsp3) is 0.722. The van der Waals surface area contributed by atoms with Gasteiger partial charge in [-0.05, 0) is 12.8 Å². The van der Waals surface area contributed by atoms with Crippen LogP contribution in [0.2, 0.25) is 0 Å². The highest BCUT2D eigenvalue weighted by Crippen LogP contribution is 2.58. The monoisotopic (exact) mass is 488 g/mol. The molecular weight excluding hydrogens is 465 g/mol. The lowest BCUT2D eigenvalue weighted by molar-refractivity contribution is -0.235. The van der Waals surface area contributed by atoms with Gasteiger partial charge in [-0.25, -0.2) is 0 Å². The first-order valence-corrected chi connectivity index (χ1v) is 10.7. The first-order chi connectivity index (χ1) is 15.7. The molecule has 0 unspecified atom stereocenters. The zero-order valence-electron chi connectivity index (χ0n) is 17.6. The number of carbonyl (C=O) groups is 3. The van der Waals surface area contributed by atoms with Gasteiger partial charge in [0.15, 0.2) is 17.6 Å². The maximum absolute atomic E-state index is 13.4. The molecule has 8 N–H and O–H groups in total. The van der Waals surface area contributed by atoms with Gasteiger partial charge in [-0.1, -0.05) is 0 Å². The molecule has 4 atom stereocenters. The molecule has 16 heteroatoms. The van der Waals surface area contributed by atoms with E-state index < -0.39 is 78.3 Å². The Hall–Kier alpha value is -3.14. The van der Waals surface area contributed by atoms with Crippen LogP contribution in [0.1, 0.15) is 25.7 Å². The average Bonchev–Trinajstić information content (AvgIpc) is 3.35. The molecule has 4 saturated heterocycles. The number of aliphatic hydroxyl groups is 2. The highest BCUT2D eigenvalue weighted by atomic mass is 19.4. The van der Waals surface area contributed by atoms with Crippen LogP contribution in [0.3, 0.4) is 0 Å². The lowest BCUT2D eigenvalue weighted by atomic mass is 9.84. The van der Waals surface area contributed by atoms with Gasteiger partial charge < -0.3 is 36.4 Å². The minimum absolute atomic E-state index is 0.0193. The van der Waals surface area contributed by atoms with Crippen LogP contribution in [0.5, 0.6) is 0 Å². The largest absolute Gasteiger partial charge is 0.403 e. The zero-order valence-corrected chi connectivity index (χ0v) is 17.6. The number of halogens is 3. The average molecular weight is 488 g/mol. The minimum atomic E-state index is -4.80. The molecule has 5 rings (SSSR count). The summed E-state index contributed by atoms with van der Waals surface area (Å²) in [6.07, 6.45) is -5.60. The quantitative estimate of drug-likeness (QED) is 0.151. The van der Waals surface area contributed by atoms with Gasteiger partial charge >= 0.3 is 6.18 Å². The summed E-state index contributed by atoms with van der Waals surface area (Å²) in [4.78, 5) is 38.8. The lowest BCUT2D eigenvalue weighted by Crippen LogP contribution is -2.81. The molecule has 5 fully saturated rings. The maximum atomic E-state index is 13.4. The van der Waals surface area contributed by atoms with Crippen LogP contribution in [0.4, 0.5) is 13.2 Å². The van der Waals surface area contributed by atoms with E-state index in [-0.39, 0.29) is 31.3 Å². The van der Waals surface area contributed by atoms with Crippen LogP contribution in [0.15, 0.2) is 0 Å². The summed E-state index contributed by atoms with van der Waals surface area (Å²) in [5.74, 6) is -5.97. The van der Waals surface area contributed by atoms with Crippen molar-refractivity contribution in [2.75, 3.05) is 13.1 Å². The van der Waals surface area contributed by atoms with E-state index in [1.165, 1.54) is 0 Å². The Balaban J connectivity index is 1.45. The first-order valence-electron chi connectivity index (χ1n) is 10.7. The SMILES string of the molecule is N=C1N[C@H]2[C@H](CN3C(=O)CCC3=O)NC(=N)N3C[C@H](NC(=O)C4(C(F)(F)F)CC4)C(O)(O)[C@]23N1. The van der Waals surface area contributed by atoms with Crippen LogP contribution >= 0.6 is 0 Å². The molecule has 34 heavy (non-hydrogen) atoms. The van der Waals surface area contributed by atoms with Crippen molar-refractivity contribution in [3.05, 3.63) is 0 Å². The number of imide groups is 1. The molecule has 0 radical (unpaired) electrons. The number of hydrogen-bond acceptors (Lipinski definition) is 7. The number of likely N-dealkylation sites (tertiary alicyclic amines) is 1. The third-order valence-corrected chi connectivity index (χ3v) is 7.46. The minimum Gasteiger partial charge on any atom is -0.361 e. The van der Waals surface area contributed by atoms with Crippen LogP contribution in [-0.4, -0.2) is 98.5 Å². The number of hydrogen-bond donors (Lipinski definition) is 8. The van der Waals surface area contributed by atoms with Crippen molar-refractivity contribution in [1.29, 1.82) is 10.8 Å².